The number of rotatable bonds is 5. The molecule has 2 rings (SSSR count). The summed E-state index contributed by atoms with van der Waals surface area (Å²) in [4.78, 5) is 19.2. The van der Waals surface area contributed by atoms with Crippen LogP contribution in [0, 0.1) is 11.8 Å². The fraction of sp³-hybridized carbons (Fsp3) is 0.947. The second kappa shape index (κ2) is 9.04. The highest BCUT2D eigenvalue weighted by Crippen LogP contribution is 2.29. The summed E-state index contributed by atoms with van der Waals surface area (Å²) in [5.74, 6) is 1.29. The number of hydrogen-bond acceptors (Lipinski definition) is 3. The van der Waals surface area contributed by atoms with E-state index in [0.717, 1.165) is 19.5 Å². The Morgan fingerprint density at radius 1 is 1.08 bits per heavy atom. The zero-order valence-electron chi connectivity index (χ0n) is 16.4. The van der Waals surface area contributed by atoms with Crippen LogP contribution in [0.5, 0.6) is 0 Å². The van der Waals surface area contributed by atoms with Crippen molar-refractivity contribution < 1.29 is 4.79 Å². The Morgan fingerprint density at radius 2 is 1.75 bits per heavy atom. The quantitative estimate of drug-likeness (QED) is 0.837. The highest BCUT2D eigenvalue weighted by atomic mass is 16.2. The second-order valence-corrected chi connectivity index (χ2v) is 8.26. The molecule has 2 fully saturated rings. The Bertz CT molecular complexity index is 395. The van der Waals surface area contributed by atoms with Crippen molar-refractivity contribution in [2.24, 2.45) is 11.8 Å². The molecule has 0 aromatic heterocycles. The van der Waals surface area contributed by atoms with Crippen LogP contribution in [0.3, 0.4) is 0 Å². The Hall–Kier alpha value is -0.810. The van der Waals surface area contributed by atoms with Crippen LogP contribution in [0.25, 0.3) is 0 Å². The fourth-order valence-electron chi connectivity index (χ4n) is 4.08. The van der Waals surface area contributed by atoms with Crippen molar-refractivity contribution in [2.45, 2.75) is 58.0 Å². The van der Waals surface area contributed by atoms with Gasteiger partial charge in [-0.05, 0) is 58.3 Å². The molecule has 1 aliphatic carbocycles. The third-order valence-corrected chi connectivity index (χ3v) is 6.46. The van der Waals surface area contributed by atoms with E-state index in [1.165, 1.54) is 38.8 Å². The summed E-state index contributed by atoms with van der Waals surface area (Å²) in [6.45, 7) is 8.71. The van der Waals surface area contributed by atoms with Crippen LogP contribution < -0.4 is 5.32 Å². The van der Waals surface area contributed by atoms with Crippen molar-refractivity contribution in [3.8, 4) is 0 Å². The average Bonchev–Trinajstić information content (AvgIpc) is 2.57. The molecule has 1 saturated heterocycles. The van der Waals surface area contributed by atoms with E-state index >= 15 is 0 Å². The molecule has 2 aliphatic rings. The number of nitrogens with one attached hydrogen (secondary N) is 1. The van der Waals surface area contributed by atoms with Gasteiger partial charge in [0.25, 0.3) is 0 Å². The van der Waals surface area contributed by atoms with Gasteiger partial charge in [-0.2, -0.15) is 0 Å². The van der Waals surface area contributed by atoms with Crippen LogP contribution in [-0.2, 0) is 0 Å². The zero-order chi connectivity index (χ0) is 17.7. The summed E-state index contributed by atoms with van der Waals surface area (Å²) in [6.07, 6.45) is 6.13. The second-order valence-electron chi connectivity index (χ2n) is 8.26. The van der Waals surface area contributed by atoms with Gasteiger partial charge in [0.2, 0.25) is 0 Å². The Balaban J connectivity index is 1.71. The number of carbonyl (C=O) groups excluding carboxylic acids is 1. The van der Waals surface area contributed by atoms with Gasteiger partial charge in [0.1, 0.15) is 0 Å². The molecule has 5 heteroatoms. The van der Waals surface area contributed by atoms with Crippen LogP contribution in [0.15, 0.2) is 0 Å². The minimum atomic E-state index is 0.0951. The summed E-state index contributed by atoms with van der Waals surface area (Å²) in [6, 6.07) is 1.10. The molecule has 1 heterocycles. The van der Waals surface area contributed by atoms with Gasteiger partial charge in [-0.3, -0.25) is 0 Å². The Labute approximate surface area is 148 Å². The molecule has 0 aromatic carbocycles. The van der Waals surface area contributed by atoms with Crippen molar-refractivity contribution in [3.05, 3.63) is 0 Å². The third-order valence-electron chi connectivity index (χ3n) is 6.46. The predicted molar refractivity (Wildman–Crippen MR) is 100 cm³/mol. The molecule has 1 N–H and O–H groups in total. The molecule has 24 heavy (non-hydrogen) atoms. The van der Waals surface area contributed by atoms with Crippen LogP contribution in [0.4, 0.5) is 4.79 Å². The molecule has 0 spiro atoms. The molecular formula is C19H38N4O. The van der Waals surface area contributed by atoms with Gasteiger partial charge in [-0.15, -0.1) is 0 Å². The summed E-state index contributed by atoms with van der Waals surface area (Å²) in [5, 5.41) is 3.27. The maximum atomic E-state index is 12.5. The molecule has 0 aromatic rings. The first-order valence-corrected chi connectivity index (χ1v) is 9.79. The molecule has 2 amide bonds. The van der Waals surface area contributed by atoms with Crippen molar-refractivity contribution in [2.75, 3.05) is 47.3 Å². The molecule has 1 aliphatic heterocycles. The maximum absolute atomic E-state index is 12.5. The molecule has 0 bridgehead atoms. The van der Waals surface area contributed by atoms with E-state index in [-0.39, 0.29) is 6.03 Å². The number of carbonyl (C=O) groups is 1. The molecule has 3 unspecified atom stereocenters. The van der Waals surface area contributed by atoms with E-state index in [1.54, 1.807) is 0 Å². The van der Waals surface area contributed by atoms with Gasteiger partial charge in [-0.1, -0.05) is 26.7 Å². The first-order valence-electron chi connectivity index (χ1n) is 9.79. The van der Waals surface area contributed by atoms with Gasteiger partial charge in [0.05, 0.1) is 0 Å². The minimum Gasteiger partial charge on any atom is -0.335 e. The molecule has 5 nitrogen and oxygen atoms in total. The average molecular weight is 339 g/mol. The SMILES string of the molecule is CC1CCCC(NC(=O)N(C)CCN(C)C2CCN(C)CC2)C1C. The summed E-state index contributed by atoms with van der Waals surface area (Å²) in [5.41, 5.74) is 0. The molecule has 0 radical (unpaired) electrons. The van der Waals surface area contributed by atoms with Gasteiger partial charge >= 0.3 is 6.03 Å². The number of hydrogen-bond donors (Lipinski definition) is 1. The smallest absolute Gasteiger partial charge is 0.317 e. The van der Waals surface area contributed by atoms with Crippen LogP contribution in [0.2, 0.25) is 0 Å². The number of urea groups is 1. The lowest BCUT2D eigenvalue weighted by atomic mass is 9.78. The topological polar surface area (TPSA) is 38.8 Å². The largest absolute Gasteiger partial charge is 0.335 e. The van der Waals surface area contributed by atoms with Crippen LogP contribution in [0.1, 0.15) is 46.0 Å². The zero-order valence-corrected chi connectivity index (χ0v) is 16.4. The minimum absolute atomic E-state index is 0.0951. The highest BCUT2D eigenvalue weighted by molar-refractivity contribution is 5.74. The monoisotopic (exact) mass is 338 g/mol. The van der Waals surface area contributed by atoms with Gasteiger partial charge in [0, 0.05) is 32.2 Å². The Kier molecular flexibility index (Phi) is 7.35. The van der Waals surface area contributed by atoms with E-state index < -0.39 is 0 Å². The summed E-state index contributed by atoms with van der Waals surface area (Å²) in [7, 11) is 6.32. The number of likely N-dealkylation sites (N-methyl/N-ethyl adjacent to an activating group) is 2. The number of amides is 2. The summed E-state index contributed by atoms with van der Waals surface area (Å²) < 4.78 is 0. The van der Waals surface area contributed by atoms with Crippen molar-refractivity contribution >= 4 is 6.03 Å². The lowest BCUT2D eigenvalue weighted by molar-refractivity contribution is 0.132. The fourth-order valence-corrected chi connectivity index (χ4v) is 4.08. The third kappa shape index (κ3) is 5.35. The van der Waals surface area contributed by atoms with E-state index in [4.69, 9.17) is 0 Å². The van der Waals surface area contributed by atoms with Crippen molar-refractivity contribution in [1.29, 1.82) is 0 Å². The maximum Gasteiger partial charge on any atom is 0.317 e. The predicted octanol–water partition coefficient (Wildman–Crippen LogP) is 2.48. The first-order chi connectivity index (χ1) is 11.4. The van der Waals surface area contributed by atoms with E-state index in [2.05, 4.69) is 43.1 Å². The van der Waals surface area contributed by atoms with E-state index in [9.17, 15) is 4.79 Å². The first kappa shape index (κ1) is 19.5. The standard InChI is InChI=1S/C19H38N4O/c1-15-7-6-8-18(16(15)2)20-19(24)23(5)14-13-22(4)17-9-11-21(3)12-10-17/h15-18H,6-14H2,1-5H3,(H,20,24). The Morgan fingerprint density at radius 3 is 2.42 bits per heavy atom. The number of nitrogens with zero attached hydrogens (tertiary/aromatic N) is 3. The lowest BCUT2D eigenvalue weighted by Gasteiger charge is -2.37. The van der Waals surface area contributed by atoms with Crippen molar-refractivity contribution in [3.63, 3.8) is 0 Å². The molecule has 140 valence electrons. The van der Waals surface area contributed by atoms with Crippen LogP contribution in [-0.4, -0.2) is 80.1 Å². The highest BCUT2D eigenvalue weighted by Gasteiger charge is 2.29. The number of piperidine rings is 1. The van der Waals surface area contributed by atoms with Gasteiger partial charge in [-0.25, -0.2) is 4.79 Å². The molecular weight excluding hydrogens is 300 g/mol. The molecule has 1 saturated carbocycles. The molecule has 3 atom stereocenters. The van der Waals surface area contributed by atoms with E-state index in [0.29, 0.717) is 23.9 Å². The van der Waals surface area contributed by atoms with Gasteiger partial charge in [0.15, 0.2) is 0 Å². The normalized spacial score (nSPS) is 29.7. The summed E-state index contributed by atoms with van der Waals surface area (Å²) >= 11 is 0. The van der Waals surface area contributed by atoms with Gasteiger partial charge < -0.3 is 20.0 Å². The van der Waals surface area contributed by atoms with Crippen LogP contribution >= 0.6 is 0 Å². The lowest BCUT2D eigenvalue weighted by Crippen LogP contribution is -2.50. The number of likely N-dealkylation sites (tertiary alicyclic amines) is 1. The van der Waals surface area contributed by atoms with E-state index in [1.807, 2.05) is 11.9 Å². The van der Waals surface area contributed by atoms with Crippen molar-refractivity contribution in [1.82, 2.24) is 20.0 Å².